The van der Waals surface area contributed by atoms with Crippen molar-refractivity contribution in [3.63, 3.8) is 0 Å². The van der Waals surface area contributed by atoms with Gasteiger partial charge in [0.1, 0.15) is 5.75 Å². The number of hydrogen-bond acceptors (Lipinski definition) is 2. The third kappa shape index (κ3) is 10.2. The minimum Gasteiger partial charge on any atom is -0.497 e. The molecule has 0 heterocycles. The van der Waals surface area contributed by atoms with E-state index in [1.807, 2.05) is 0 Å². The van der Waals surface area contributed by atoms with Crippen LogP contribution in [-0.4, -0.2) is 19.7 Å². The Bertz CT molecular complexity index is 505. The molecule has 2 rings (SSSR count). The van der Waals surface area contributed by atoms with Crippen molar-refractivity contribution >= 4 is 12.4 Å². The van der Waals surface area contributed by atoms with Crippen LogP contribution in [0.5, 0.6) is 5.75 Å². The van der Waals surface area contributed by atoms with Gasteiger partial charge in [-0.25, -0.2) is 0 Å². The van der Waals surface area contributed by atoms with E-state index in [1.165, 1.54) is 108 Å². The quantitative estimate of drug-likeness (QED) is 0.307. The number of rotatable bonds is 15. The number of aryl methyl sites for hydroxylation is 1. The molecular weight excluding hydrogens is 366 g/mol. The molecule has 0 aromatic heterocycles. The minimum atomic E-state index is 0. The molecule has 0 spiro atoms. The van der Waals surface area contributed by atoms with Gasteiger partial charge in [-0.2, -0.15) is 0 Å². The first-order valence-corrected chi connectivity index (χ1v) is 11.7. The molecule has 1 aliphatic carbocycles. The van der Waals surface area contributed by atoms with E-state index in [4.69, 9.17) is 4.74 Å². The number of halogens is 1. The number of hydrogen-bond donors (Lipinski definition) is 1. The molecule has 0 saturated heterocycles. The standard InChI is InChI=1S/C25H43NO.ClH/c1-3-4-5-6-7-8-9-10-11-12-13-14-19-26-24-17-15-22-16-18-25(27-2)21-23(22)20-24;/h16,18,21,24,26H,3-15,17,19-20H2,1-2H3;1H. The normalized spacial score (nSPS) is 15.7. The zero-order valence-corrected chi connectivity index (χ0v) is 19.3. The van der Waals surface area contributed by atoms with Gasteiger partial charge in [0.05, 0.1) is 7.11 Å². The van der Waals surface area contributed by atoms with Crippen LogP contribution >= 0.6 is 12.4 Å². The van der Waals surface area contributed by atoms with Crippen LogP contribution in [0.2, 0.25) is 0 Å². The second-order valence-corrected chi connectivity index (χ2v) is 8.42. The van der Waals surface area contributed by atoms with Gasteiger partial charge in [0.15, 0.2) is 0 Å². The third-order valence-corrected chi connectivity index (χ3v) is 6.11. The first kappa shape index (κ1) is 25.3. The number of unbranched alkanes of at least 4 members (excludes halogenated alkanes) is 11. The SMILES string of the molecule is CCCCCCCCCCCCCCNC1CCc2ccc(OC)cc2C1.Cl. The lowest BCUT2D eigenvalue weighted by atomic mass is 9.88. The third-order valence-electron chi connectivity index (χ3n) is 6.11. The Morgan fingerprint density at radius 3 is 2.07 bits per heavy atom. The molecule has 1 unspecified atom stereocenters. The molecule has 1 atom stereocenters. The molecule has 0 saturated carbocycles. The summed E-state index contributed by atoms with van der Waals surface area (Å²) < 4.78 is 5.38. The van der Waals surface area contributed by atoms with Crippen LogP contribution in [0.15, 0.2) is 18.2 Å². The molecule has 0 fully saturated rings. The van der Waals surface area contributed by atoms with Crippen LogP contribution < -0.4 is 10.1 Å². The molecule has 1 aromatic carbocycles. The van der Waals surface area contributed by atoms with E-state index in [1.54, 1.807) is 7.11 Å². The number of ether oxygens (including phenoxy) is 1. The lowest BCUT2D eigenvalue weighted by Gasteiger charge is -2.26. The molecule has 1 aliphatic rings. The van der Waals surface area contributed by atoms with Crippen molar-refractivity contribution in [2.45, 2.75) is 109 Å². The Hall–Kier alpha value is -0.730. The average molecular weight is 410 g/mol. The summed E-state index contributed by atoms with van der Waals surface area (Å²) in [6.45, 7) is 3.47. The van der Waals surface area contributed by atoms with E-state index >= 15 is 0 Å². The van der Waals surface area contributed by atoms with Crippen molar-refractivity contribution < 1.29 is 4.74 Å². The second kappa shape index (κ2) is 16.1. The van der Waals surface area contributed by atoms with E-state index < -0.39 is 0 Å². The van der Waals surface area contributed by atoms with Crippen molar-refractivity contribution in [1.29, 1.82) is 0 Å². The zero-order chi connectivity index (χ0) is 19.2. The Labute approximate surface area is 180 Å². The maximum Gasteiger partial charge on any atom is 0.119 e. The topological polar surface area (TPSA) is 21.3 Å². The van der Waals surface area contributed by atoms with E-state index in [2.05, 4.69) is 30.4 Å². The zero-order valence-electron chi connectivity index (χ0n) is 18.4. The van der Waals surface area contributed by atoms with Crippen LogP contribution in [0, 0.1) is 0 Å². The number of nitrogens with one attached hydrogen (secondary N) is 1. The summed E-state index contributed by atoms with van der Waals surface area (Å²) in [7, 11) is 1.76. The first-order chi connectivity index (χ1) is 13.3. The lowest BCUT2D eigenvalue weighted by molar-refractivity contribution is 0.410. The highest BCUT2D eigenvalue weighted by atomic mass is 35.5. The second-order valence-electron chi connectivity index (χ2n) is 8.42. The molecule has 28 heavy (non-hydrogen) atoms. The van der Waals surface area contributed by atoms with Gasteiger partial charge in [0.2, 0.25) is 0 Å². The largest absolute Gasteiger partial charge is 0.497 e. The van der Waals surface area contributed by atoms with Gasteiger partial charge in [0, 0.05) is 6.04 Å². The van der Waals surface area contributed by atoms with Crippen LogP contribution in [0.1, 0.15) is 102 Å². The number of benzene rings is 1. The average Bonchev–Trinajstić information content (AvgIpc) is 2.70. The highest BCUT2D eigenvalue weighted by molar-refractivity contribution is 5.85. The predicted molar refractivity (Wildman–Crippen MR) is 125 cm³/mol. The smallest absolute Gasteiger partial charge is 0.119 e. The number of fused-ring (bicyclic) bond motifs is 1. The van der Waals surface area contributed by atoms with Gasteiger partial charge < -0.3 is 10.1 Å². The molecule has 0 amide bonds. The van der Waals surface area contributed by atoms with E-state index in [-0.39, 0.29) is 12.4 Å². The Morgan fingerprint density at radius 1 is 0.857 bits per heavy atom. The fraction of sp³-hybridized carbons (Fsp3) is 0.760. The molecule has 2 nitrogen and oxygen atoms in total. The maximum absolute atomic E-state index is 5.38. The summed E-state index contributed by atoms with van der Waals surface area (Å²) in [5, 5.41) is 3.79. The molecule has 3 heteroatoms. The summed E-state index contributed by atoms with van der Waals surface area (Å²) in [5.74, 6) is 0.996. The molecule has 0 aliphatic heterocycles. The molecular formula is C25H44ClNO. The summed E-state index contributed by atoms with van der Waals surface area (Å²) in [6.07, 6.45) is 20.7. The Morgan fingerprint density at radius 2 is 1.46 bits per heavy atom. The van der Waals surface area contributed by atoms with Crippen LogP contribution in [0.25, 0.3) is 0 Å². The van der Waals surface area contributed by atoms with Crippen LogP contribution in [0.4, 0.5) is 0 Å². The summed E-state index contributed by atoms with van der Waals surface area (Å²) >= 11 is 0. The van der Waals surface area contributed by atoms with E-state index in [0.717, 1.165) is 12.2 Å². The van der Waals surface area contributed by atoms with Crippen molar-refractivity contribution in [1.82, 2.24) is 5.32 Å². The van der Waals surface area contributed by atoms with Gasteiger partial charge in [-0.3, -0.25) is 0 Å². The number of methoxy groups -OCH3 is 1. The monoisotopic (exact) mass is 409 g/mol. The van der Waals surface area contributed by atoms with E-state index in [0.29, 0.717) is 6.04 Å². The minimum absolute atomic E-state index is 0. The highest BCUT2D eigenvalue weighted by Crippen LogP contribution is 2.25. The van der Waals surface area contributed by atoms with Crippen molar-refractivity contribution in [2.75, 3.05) is 13.7 Å². The van der Waals surface area contributed by atoms with Crippen molar-refractivity contribution in [2.24, 2.45) is 0 Å². The first-order valence-electron chi connectivity index (χ1n) is 11.7. The van der Waals surface area contributed by atoms with E-state index in [9.17, 15) is 0 Å². The molecule has 1 N–H and O–H groups in total. The van der Waals surface area contributed by atoms with Gasteiger partial charge in [0.25, 0.3) is 0 Å². The molecule has 1 aromatic rings. The summed E-state index contributed by atoms with van der Waals surface area (Å²) in [6, 6.07) is 7.22. The van der Waals surface area contributed by atoms with Gasteiger partial charge in [-0.05, 0) is 55.5 Å². The fourth-order valence-electron chi connectivity index (χ4n) is 4.31. The summed E-state index contributed by atoms with van der Waals surface area (Å²) in [4.78, 5) is 0. The maximum atomic E-state index is 5.38. The molecule has 0 radical (unpaired) electrons. The Balaban J connectivity index is 0.00000392. The van der Waals surface area contributed by atoms with Gasteiger partial charge in [-0.1, -0.05) is 83.6 Å². The van der Waals surface area contributed by atoms with Crippen molar-refractivity contribution in [3.8, 4) is 5.75 Å². The van der Waals surface area contributed by atoms with Gasteiger partial charge >= 0.3 is 0 Å². The summed E-state index contributed by atoms with van der Waals surface area (Å²) in [5.41, 5.74) is 2.99. The lowest BCUT2D eigenvalue weighted by Crippen LogP contribution is -2.35. The molecule has 0 bridgehead atoms. The van der Waals surface area contributed by atoms with Crippen LogP contribution in [0.3, 0.4) is 0 Å². The fourth-order valence-corrected chi connectivity index (χ4v) is 4.31. The van der Waals surface area contributed by atoms with Crippen LogP contribution in [-0.2, 0) is 12.8 Å². The van der Waals surface area contributed by atoms with Crippen molar-refractivity contribution in [3.05, 3.63) is 29.3 Å². The van der Waals surface area contributed by atoms with Gasteiger partial charge in [-0.15, -0.1) is 12.4 Å². The molecule has 162 valence electrons. The highest BCUT2D eigenvalue weighted by Gasteiger charge is 2.18. The predicted octanol–water partition coefficient (Wildman–Crippen LogP) is 7.27. The Kier molecular flexibility index (Phi) is 14.6.